The Morgan fingerprint density at radius 1 is 1.00 bits per heavy atom. The normalized spacial score (nSPS) is 24.5. The first kappa shape index (κ1) is 19.8. The Morgan fingerprint density at radius 2 is 1.73 bits per heavy atom. The summed E-state index contributed by atoms with van der Waals surface area (Å²) in [6.45, 7) is 1.75. The van der Waals surface area contributed by atoms with Crippen LogP contribution in [0.1, 0.15) is 44.9 Å². The van der Waals surface area contributed by atoms with Crippen LogP contribution in [0.3, 0.4) is 0 Å². The SMILES string of the molecule is O=C(CN1C(=O)[C@H]2CCCCN2c2ccc(S(=O)(=O)N3CCCC3)cc21)NC1CC1. The van der Waals surface area contributed by atoms with Crippen molar-refractivity contribution in [3.8, 4) is 0 Å². The largest absolute Gasteiger partial charge is 0.358 e. The zero-order valence-corrected chi connectivity index (χ0v) is 17.9. The van der Waals surface area contributed by atoms with E-state index < -0.39 is 10.0 Å². The van der Waals surface area contributed by atoms with Crippen molar-refractivity contribution in [3.63, 3.8) is 0 Å². The number of rotatable bonds is 5. The molecular weight excluding hydrogens is 404 g/mol. The molecule has 0 unspecified atom stereocenters. The Labute approximate surface area is 177 Å². The van der Waals surface area contributed by atoms with Crippen molar-refractivity contribution in [2.45, 2.75) is 61.9 Å². The Kier molecular flexibility index (Phi) is 4.97. The minimum Gasteiger partial charge on any atom is -0.358 e. The first-order valence-corrected chi connectivity index (χ1v) is 12.4. The van der Waals surface area contributed by atoms with Gasteiger partial charge in [-0.2, -0.15) is 4.31 Å². The highest BCUT2D eigenvalue weighted by Gasteiger charge is 2.41. The number of nitrogens with zero attached hydrogens (tertiary/aromatic N) is 3. The van der Waals surface area contributed by atoms with E-state index >= 15 is 0 Å². The van der Waals surface area contributed by atoms with Crippen molar-refractivity contribution in [1.29, 1.82) is 0 Å². The Hall–Kier alpha value is -2.13. The lowest BCUT2D eigenvalue weighted by atomic mass is 9.96. The van der Waals surface area contributed by atoms with Crippen molar-refractivity contribution in [3.05, 3.63) is 18.2 Å². The molecule has 5 rings (SSSR count). The molecule has 0 radical (unpaired) electrons. The van der Waals surface area contributed by atoms with Gasteiger partial charge in [-0.25, -0.2) is 8.42 Å². The molecule has 30 heavy (non-hydrogen) atoms. The molecule has 1 aromatic carbocycles. The van der Waals surface area contributed by atoms with Crippen LogP contribution in [-0.4, -0.2) is 62.8 Å². The fourth-order valence-corrected chi connectivity index (χ4v) is 6.32. The van der Waals surface area contributed by atoms with Gasteiger partial charge in [0.2, 0.25) is 21.8 Å². The van der Waals surface area contributed by atoms with Gasteiger partial charge in [0, 0.05) is 25.7 Å². The van der Waals surface area contributed by atoms with Crippen LogP contribution >= 0.6 is 0 Å². The predicted octanol–water partition coefficient (Wildman–Crippen LogP) is 1.46. The van der Waals surface area contributed by atoms with E-state index in [0.29, 0.717) is 18.8 Å². The highest BCUT2D eigenvalue weighted by atomic mass is 32.2. The third-order valence-electron chi connectivity index (χ3n) is 6.55. The van der Waals surface area contributed by atoms with Gasteiger partial charge in [0.15, 0.2) is 0 Å². The third kappa shape index (κ3) is 3.47. The Balaban J connectivity index is 1.52. The van der Waals surface area contributed by atoms with Crippen molar-refractivity contribution in [1.82, 2.24) is 9.62 Å². The topological polar surface area (TPSA) is 90.0 Å². The standard InChI is InChI=1S/C21H28N4O4S/c26-20(22-15-6-7-15)14-25-19-13-16(30(28,29)23-10-3-4-11-23)8-9-17(19)24-12-2-1-5-18(24)21(25)27/h8-9,13,15,18H,1-7,10-12,14H2,(H,22,26)/t18-/m1/s1. The molecule has 0 aromatic heterocycles. The van der Waals surface area contributed by atoms with Gasteiger partial charge < -0.3 is 10.2 Å². The highest BCUT2D eigenvalue weighted by molar-refractivity contribution is 7.89. The molecule has 0 spiro atoms. The van der Waals surface area contributed by atoms with Crippen LogP contribution in [0.2, 0.25) is 0 Å². The van der Waals surface area contributed by atoms with Gasteiger partial charge in [-0.05, 0) is 63.1 Å². The molecule has 1 atom stereocenters. The quantitative estimate of drug-likeness (QED) is 0.761. The Morgan fingerprint density at radius 3 is 2.47 bits per heavy atom. The molecule has 1 saturated carbocycles. The van der Waals surface area contributed by atoms with Gasteiger partial charge in [-0.15, -0.1) is 0 Å². The molecule has 4 aliphatic rings. The van der Waals surface area contributed by atoms with E-state index in [4.69, 9.17) is 0 Å². The lowest BCUT2D eigenvalue weighted by Crippen LogP contribution is -2.57. The molecule has 162 valence electrons. The summed E-state index contributed by atoms with van der Waals surface area (Å²) >= 11 is 0. The van der Waals surface area contributed by atoms with E-state index in [1.165, 1.54) is 9.21 Å². The highest BCUT2D eigenvalue weighted by Crippen LogP contribution is 2.41. The van der Waals surface area contributed by atoms with Crippen molar-refractivity contribution in [2.24, 2.45) is 0 Å². The molecule has 1 N–H and O–H groups in total. The molecule has 9 heteroatoms. The molecule has 3 aliphatic heterocycles. The summed E-state index contributed by atoms with van der Waals surface area (Å²) in [6, 6.07) is 4.99. The molecular formula is C21H28N4O4S. The summed E-state index contributed by atoms with van der Waals surface area (Å²) in [5, 5.41) is 2.94. The van der Waals surface area contributed by atoms with Gasteiger partial charge in [-0.3, -0.25) is 14.5 Å². The average molecular weight is 433 g/mol. The number of benzene rings is 1. The number of piperidine rings is 1. The summed E-state index contributed by atoms with van der Waals surface area (Å²) < 4.78 is 27.7. The summed E-state index contributed by atoms with van der Waals surface area (Å²) in [5.74, 6) is -0.294. The number of carbonyl (C=O) groups excluding carboxylic acids is 2. The third-order valence-corrected chi connectivity index (χ3v) is 8.44. The number of anilines is 2. The molecule has 1 aromatic rings. The van der Waals surface area contributed by atoms with Crippen LogP contribution in [0, 0.1) is 0 Å². The van der Waals surface area contributed by atoms with Crippen molar-refractivity contribution in [2.75, 3.05) is 36.0 Å². The van der Waals surface area contributed by atoms with Crippen LogP contribution in [0.25, 0.3) is 0 Å². The van der Waals surface area contributed by atoms with E-state index in [-0.39, 0.29) is 35.3 Å². The monoisotopic (exact) mass is 432 g/mol. The van der Waals surface area contributed by atoms with Crippen LogP contribution < -0.4 is 15.1 Å². The van der Waals surface area contributed by atoms with Gasteiger partial charge in [0.1, 0.15) is 12.6 Å². The lowest BCUT2D eigenvalue weighted by Gasteiger charge is -2.45. The summed E-state index contributed by atoms with van der Waals surface area (Å²) in [4.78, 5) is 29.6. The summed E-state index contributed by atoms with van der Waals surface area (Å²) in [7, 11) is -3.60. The number of nitrogens with one attached hydrogen (secondary N) is 1. The Bertz CT molecular complexity index is 969. The zero-order valence-electron chi connectivity index (χ0n) is 17.0. The maximum atomic E-state index is 13.3. The van der Waals surface area contributed by atoms with Crippen molar-refractivity contribution >= 4 is 33.2 Å². The minimum absolute atomic E-state index is 0.0696. The molecule has 1 aliphatic carbocycles. The molecule has 3 heterocycles. The molecule has 0 bridgehead atoms. The van der Waals surface area contributed by atoms with Crippen LogP contribution in [0.5, 0.6) is 0 Å². The van der Waals surface area contributed by atoms with Gasteiger partial charge >= 0.3 is 0 Å². The number of amides is 2. The maximum Gasteiger partial charge on any atom is 0.250 e. The van der Waals surface area contributed by atoms with Gasteiger partial charge in [0.05, 0.1) is 16.3 Å². The average Bonchev–Trinajstić information content (AvgIpc) is 3.37. The maximum absolute atomic E-state index is 13.3. The number of carbonyl (C=O) groups is 2. The number of sulfonamides is 1. The molecule has 2 amide bonds. The number of fused-ring (bicyclic) bond motifs is 3. The summed E-state index contributed by atoms with van der Waals surface area (Å²) in [5.41, 5.74) is 1.38. The van der Waals surface area contributed by atoms with E-state index in [1.807, 2.05) is 6.07 Å². The van der Waals surface area contributed by atoms with E-state index in [0.717, 1.165) is 57.2 Å². The first-order valence-electron chi connectivity index (χ1n) is 11.0. The lowest BCUT2D eigenvalue weighted by molar-refractivity contribution is -0.125. The molecule has 2 saturated heterocycles. The second-order valence-corrected chi connectivity index (χ2v) is 10.7. The van der Waals surface area contributed by atoms with E-state index in [2.05, 4.69) is 10.2 Å². The molecule has 3 fully saturated rings. The number of hydrogen-bond donors (Lipinski definition) is 1. The summed E-state index contributed by atoms with van der Waals surface area (Å²) in [6.07, 6.45) is 6.42. The smallest absolute Gasteiger partial charge is 0.250 e. The zero-order chi connectivity index (χ0) is 20.9. The van der Waals surface area contributed by atoms with Crippen LogP contribution in [0.4, 0.5) is 11.4 Å². The second-order valence-electron chi connectivity index (χ2n) is 8.73. The second kappa shape index (κ2) is 7.53. The fourth-order valence-electron chi connectivity index (χ4n) is 4.78. The van der Waals surface area contributed by atoms with Crippen molar-refractivity contribution < 1.29 is 18.0 Å². The van der Waals surface area contributed by atoms with E-state index in [1.54, 1.807) is 12.1 Å². The van der Waals surface area contributed by atoms with Gasteiger partial charge in [0.25, 0.3) is 0 Å². The fraction of sp³-hybridized carbons (Fsp3) is 0.619. The minimum atomic E-state index is -3.60. The molecule has 8 nitrogen and oxygen atoms in total. The van der Waals surface area contributed by atoms with Gasteiger partial charge in [-0.1, -0.05) is 0 Å². The van der Waals surface area contributed by atoms with E-state index in [9.17, 15) is 18.0 Å². The van der Waals surface area contributed by atoms with Crippen LogP contribution in [0.15, 0.2) is 23.1 Å². The predicted molar refractivity (Wildman–Crippen MR) is 113 cm³/mol. The van der Waals surface area contributed by atoms with Crippen LogP contribution in [-0.2, 0) is 19.6 Å². The number of hydrogen-bond acceptors (Lipinski definition) is 5. The first-order chi connectivity index (χ1) is 14.4.